The Hall–Kier alpha value is -2.13. The highest BCUT2D eigenvalue weighted by atomic mass is 16.4. The van der Waals surface area contributed by atoms with Crippen LogP contribution in [0.3, 0.4) is 0 Å². The van der Waals surface area contributed by atoms with Crippen molar-refractivity contribution in [2.75, 3.05) is 0 Å². The molecule has 3 heteroatoms. The van der Waals surface area contributed by atoms with E-state index in [1.54, 1.807) is 0 Å². The van der Waals surface area contributed by atoms with Crippen molar-refractivity contribution in [3.05, 3.63) is 71.8 Å². The van der Waals surface area contributed by atoms with Gasteiger partial charge >= 0.3 is 0 Å². The predicted octanol–water partition coefficient (Wildman–Crippen LogP) is 4.32. The normalized spacial score (nSPS) is 31.9. The van der Waals surface area contributed by atoms with Crippen LogP contribution in [0, 0.1) is 11.8 Å². The lowest BCUT2D eigenvalue weighted by molar-refractivity contribution is 0.214. The van der Waals surface area contributed by atoms with Gasteiger partial charge in [0.2, 0.25) is 0 Å². The molecule has 2 aromatic rings. The van der Waals surface area contributed by atoms with Gasteiger partial charge in [0.1, 0.15) is 0 Å². The highest BCUT2D eigenvalue weighted by molar-refractivity contribution is 5.91. The van der Waals surface area contributed by atoms with Gasteiger partial charge in [-0.3, -0.25) is 0 Å². The van der Waals surface area contributed by atoms with Gasteiger partial charge < -0.3 is 10.5 Å². The van der Waals surface area contributed by atoms with E-state index in [2.05, 4.69) is 59.0 Å². The van der Waals surface area contributed by atoms with Gasteiger partial charge in [0.05, 0.1) is 5.71 Å². The lowest BCUT2D eigenvalue weighted by Crippen LogP contribution is -2.50. The largest absolute Gasteiger partial charge is 0.411 e. The fourth-order valence-electron chi connectivity index (χ4n) is 4.36. The Morgan fingerprint density at radius 2 is 1.26 bits per heavy atom. The second kappa shape index (κ2) is 6.17. The Morgan fingerprint density at radius 3 is 1.70 bits per heavy atom. The fourth-order valence-corrected chi connectivity index (χ4v) is 4.36. The maximum atomic E-state index is 9.69. The van der Waals surface area contributed by atoms with Crippen LogP contribution >= 0.6 is 0 Å². The minimum absolute atomic E-state index is 0.212. The third kappa shape index (κ3) is 2.55. The molecule has 2 bridgehead atoms. The van der Waals surface area contributed by atoms with E-state index in [-0.39, 0.29) is 12.1 Å². The van der Waals surface area contributed by atoms with Crippen LogP contribution in [0.1, 0.15) is 42.5 Å². The lowest BCUT2D eigenvalue weighted by atomic mass is 9.67. The maximum Gasteiger partial charge on any atom is 0.0670 e. The highest BCUT2D eigenvalue weighted by Crippen LogP contribution is 2.46. The van der Waals surface area contributed by atoms with Crippen molar-refractivity contribution in [3.63, 3.8) is 0 Å². The first-order valence-corrected chi connectivity index (χ1v) is 8.46. The first-order chi connectivity index (χ1) is 11.4. The van der Waals surface area contributed by atoms with Crippen molar-refractivity contribution in [1.82, 2.24) is 5.32 Å². The van der Waals surface area contributed by atoms with Crippen LogP contribution in [0.25, 0.3) is 0 Å². The van der Waals surface area contributed by atoms with Crippen molar-refractivity contribution >= 4 is 5.71 Å². The van der Waals surface area contributed by atoms with Crippen molar-refractivity contribution in [2.24, 2.45) is 17.0 Å². The molecular weight excluding hydrogens is 284 g/mol. The van der Waals surface area contributed by atoms with Gasteiger partial charge in [0.25, 0.3) is 0 Å². The van der Waals surface area contributed by atoms with Crippen LogP contribution in [0.2, 0.25) is 0 Å². The molecule has 1 aliphatic heterocycles. The maximum absolute atomic E-state index is 9.69. The fraction of sp³-hybridized carbons (Fsp3) is 0.350. The van der Waals surface area contributed by atoms with Crippen molar-refractivity contribution in [3.8, 4) is 0 Å². The van der Waals surface area contributed by atoms with Gasteiger partial charge in [-0.2, -0.15) is 0 Å². The minimum Gasteiger partial charge on any atom is -0.411 e. The van der Waals surface area contributed by atoms with Gasteiger partial charge in [-0.1, -0.05) is 72.2 Å². The summed E-state index contributed by atoms with van der Waals surface area (Å²) in [5, 5.41) is 17.3. The lowest BCUT2D eigenvalue weighted by Gasteiger charge is -2.46. The Morgan fingerprint density at radius 1 is 0.783 bits per heavy atom. The smallest absolute Gasteiger partial charge is 0.0670 e. The summed E-state index contributed by atoms with van der Waals surface area (Å²) in [6, 6.07) is 21.5. The third-order valence-electron chi connectivity index (χ3n) is 5.39. The molecule has 118 valence electrons. The number of benzene rings is 2. The average molecular weight is 306 g/mol. The number of hydrogen-bond donors (Lipinski definition) is 2. The molecule has 0 spiro atoms. The van der Waals surface area contributed by atoms with E-state index in [0.29, 0.717) is 11.8 Å². The molecule has 2 N–H and O–H groups in total. The number of oxime groups is 1. The summed E-state index contributed by atoms with van der Waals surface area (Å²) >= 11 is 0. The molecule has 1 saturated heterocycles. The number of hydrogen-bond acceptors (Lipinski definition) is 3. The van der Waals surface area contributed by atoms with Crippen LogP contribution in [-0.2, 0) is 0 Å². The number of rotatable bonds is 2. The highest BCUT2D eigenvalue weighted by Gasteiger charge is 2.45. The Labute approximate surface area is 137 Å². The summed E-state index contributed by atoms with van der Waals surface area (Å²) in [4.78, 5) is 0. The van der Waals surface area contributed by atoms with E-state index >= 15 is 0 Å². The summed E-state index contributed by atoms with van der Waals surface area (Å²) in [6.07, 6.45) is 3.37. The predicted molar refractivity (Wildman–Crippen MR) is 91.6 cm³/mol. The second-order valence-corrected chi connectivity index (χ2v) is 6.61. The molecule has 1 heterocycles. The first-order valence-electron chi connectivity index (χ1n) is 8.46. The van der Waals surface area contributed by atoms with Gasteiger partial charge in [-0.05, 0) is 24.0 Å². The zero-order chi connectivity index (χ0) is 15.6. The SMILES string of the molecule is ON=C1[C@H]2CCC[C@H]1[C@H](c1ccccc1)N[C@@H]2c1ccccc1. The zero-order valence-corrected chi connectivity index (χ0v) is 13.1. The Kier molecular flexibility index (Phi) is 3.88. The van der Waals surface area contributed by atoms with Crippen LogP contribution in [-0.4, -0.2) is 10.9 Å². The quantitative estimate of drug-likeness (QED) is 0.641. The topological polar surface area (TPSA) is 44.6 Å². The summed E-state index contributed by atoms with van der Waals surface area (Å²) in [5.41, 5.74) is 3.54. The monoisotopic (exact) mass is 306 g/mol. The molecule has 0 unspecified atom stereocenters. The van der Waals surface area contributed by atoms with Crippen LogP contribution < -0.4 is 5.32 Å². The molecule has 0 amide bonds. The third-order valence-corrected chi connectivity index (χ3v) is 5.39. The van der Waals surface area contributed by atoms with Crippen LogP contribution in [0.15, 0.2) is 65.8 Å². The van der Waals surface area contributed by atoms with Crippen molar-refractivity contribution in [1.29, 1.82) is 0 Å². The molecule has 1 aliphatic carbocycles. The van der Waals surface area contributed by atoms with Gasteiger partial charge in [0.15, 0.2) is 0 Å². The van der Waals surface area contributed by atoms with Crippen molar-refractivity contribution < 1.29 is 5.21 Å². The first kappa shape index (κ1) is 14.5. The number of piperidine rings is 1. The van der Waals surface area contributed by atoms with E-state index in [1.807, 2.05) is 12.1 Å². The molecule has 2 aromatic carbocycles. The van der Waals surface area contributed by atoms with E-state index in [9.17, 15) is 5.21 Å². The summed E-state index contributed by atoms with van der Waals surface area (Å²) in [6.45, 7) is 0. The molecule has 0 aromatic heterocycles. The summed E-state index contributed by atoms with van der Waals surface area (Å²) in [5.74, 6) is 0.585. The molecule has 4 rings (SSSR count). The molecule has 3 nitrogen and oxygen atoms in total. The Bertz CT molecular complexity index is 628. The van der Waals surface area contributed by atoms with E-state index in [1.165, 1.54) is 17.5 Å². The molecule has 23 heavy (non-hydrogen) atoms. The van der Waals surface area contributed by atoms with E-state index in [4.69, 9.17) is 0 Å². The standard InChI is InChI=1S/C20H22N2O/c23-22-20-16-12-7-13-17(20)19(15-10-5-2-6-11-15)21-18(16)14-8-3-1-4-9-14/h1-6,8-11,16-19,21,23H,7,12-13H2/t16-,17-,18-,19+/m0/s1. The van der Waals surface area contributed by atoms with Gasteiger partial charge in [-0.15, -0.1) is 0 Å². The van der Waals surface area contributed by atoms with Crippen LogP contribution in [0.5, 0.6) is 0 Å². The van der Waals surface area contributed by atoms with E-state index in [0.717, 1.165) is 18.6 Å². The average Bonchev–Trinajstić information content (AvgIpc) is 2.63. The van der Waals surface area contributed by atoms with Crippen LogP contribution in [0.4, 0.5) is 0 Å². The molecular formula is C20H22N2O. The number of nitrogens with one attached hydrogen (secondary N) is 1. The van der Waals surface area contributed by atoms with Gasteiger partial charge in [0, 0.05) is 23.9 Å². The molecule has 1 saturated carbocycles. The molecule has 2 aliphatic rings. The minimum atomic E-state index is 0.212. The zero-order valence-electron chi connectivity index (χ0n) is 13.1. The number of nitrogens with zero attached hydrogens (tertiary/aromatic N) is 1. The van der Waals surface area contributed by atoms with E-state index < -0.39 is 0 Å². The van der Waals surface area contributed by atoms with Crippen molar-refractivity contribution in [2.45, 2.75) is 31.3 Å². The number of fused-ring (bicyclic) bond motifs is 2. The van der Waals surface area contributed by atoms with Gasteiger partial charge in [-0.25, -0.2) is 0 Å². The Balaban J connectivity index is 1.76. The second-order valence-electron chi connectivity index (χ2n) is 6.61. The molecule has 4 atom stereocenters. The molecule has 2 fully saturated rings. The molecule has 0 radical (unpaired) electrons. The summed E-state index contributed by atoms with van der Waals surface area (Å²) < 4.78 is 0. The summed E-state index contributed by atoms with van der Waals surface area (Å²) in [7, 11) is 0.